The van der Waals surface area contributed by atoms with Crippen molar-refractivity contribution in [2.24, 2.45) is 0 Å². The first-order chi connectivity index (χ1) is 13.0. The highest BCUT2D eigenvalue weighted by molar-refractivity contribution is 5.79. The number of benzene rings is 2. The second-order valence-electron chi connectivity index (χ2n) is 6.13. The van der Waals surface area contributed by atoms with E-state index in [9.17, 15) is 14.0 Å². The minimum Gasteiger partial charge on any atom is -0.469 e. The average molecular weight is 373 g/mol. The van der Waals surface area contributed by atoms with Gasteiger partial charge in [-0.15, -0.1) is 0 Å². The molecule has 1 amide bonds. The van der Waals surface area contributed by atoms with Crippen molar-refractivity contribution >= 4 is 11.9 Å². The molecule has 1 aliphatic heterocycles. The molecule has 0 saturated heterocycles. The van der Waals surface area contributed by atoms with Crippen molar-refractivity contribution in [1.82, 2.24) is 4.90 Å². The Morgan fingerprint density at radius 2 is 1.78 bits per heavy atom. The lowest BCUT2D eigenvalue weighted by Crippen LogP contribution is -2.34. The molecule has 0 saturated carbocycles. The summed E-state index contributed by atoms with van der Waals surface area (Å²) in [6.07, 6.45) is 0.211. The van der Waals surface area contributed by atoms with E-state index in [1.54, 1.807) is 23.1 Å². The van der Waals surface area contributed by atoms with Crippen molar-refractivity contribution < 1.29 is 28.2 Å². The van der Waals surface area contributed by atoms with Gasteiger partial charge in [-0.1, -0.05) is 18.2 Å². The van der Waals surface area contributed by atoms with E-state index in [0.717, 1.165) is 5.56 Å². The van der Waals surface area contributed by atoms with Crippen molar-refractivity contribution in [2.45, 2.75) is 19.4 Å². The third kappa shape index (κ3) is 4.97. The largest absolute Gasteiger partial charge is 0.469 e. The van der Waals surface area contributed by atoms with Crippen LogP contribution in [0.15, 0.2) is 42.5 Å². The summed E-state index contributed by atoms with van der Waals surface area (Å²) >= 11 is 0. The minimum atomic E-state index is -0.389. The summed E-state index contributed by atoms with van der Waals surface area (Å²) in [6, 6.07) is 11.3. The zero-order valence-corrected chi connectivity index (χ0v) is 14.9. The summed E-state index contributed by atoms with van der Waals surface area (Å²) in [6.45, 7) is 0.711. The molecule has 0 spiro atoms. The van der Waals surface area contributed by atoms with Crippen LogP contribution < -0.4 is 9.47 Å². The molecule has 0 unspecified atom stereocenters. The fraction of sp³-hybridized carbons (Fsp3) is 0.300. The molecule has 1 aliphatic rings. The molecule has 0 atom stereocenters. The SMILES string of the molecule is COC(=O)CCN(Cc1ccc2c(c1)OCO2)C(=O)Cc1ccc(F)cc1. The van der Waals surface area contributed by atoms with Gasteiger partial charge in [0, 0.05) is 13.1 Å². The Kier molecular flexibility index (Phi) is 5.90. The predicted molar refractivity (Wildman–Crippen MR) is 94.7 cm³/mol. The standard InChI is InChI=1S/C20H20FNO5/c1-25-20(24)8-9-22(19(23)11-14-2-5-16(21)6-3-14)12-15-4-7-17-18(10-15)27-13-26-17/h2-7,10H,8-9,11-13H2,1H3. The molecule has 7 heteroatoms. The van der Waals surface area contributed by atoms with E-state index in [2.05, 4.69) is 4.74 Å². The van der Waals surface area contributed by atoms with Crippen LogP contribution in [-0.2, 0) is 27.3 Å². The van der Waals surface area contributed by atoms with Crippen LogP contribution in [-0.4, -0.2) is 37.2 Å². The van der Waals surface area contributed by atoms with Gasteiger partial charge in [-0.25, -0.2) is 4.39 Å². The van der Waals surface area contributed by atoms with Crippen molar-refractivity contribution in [3.05, 3.63) is 59.4 Å². The highest BCUT2D eigenvalue weighted by atomic mass is 19.1. The van der Waals surface area contributed by atoms with Crippen LogP contribution >= 0.6 is 0 Å². The first-order valence-electron chi connectivity index (χ1n) is 8.52. The van der Waals surface area contributed by atoms with Gasteiger partial charge >= 0.3 is 5.97 Å². The number of carbonyl (C=O) groups excluding carboxylic acids is 2. The number of hydrogen-bond donors (Lipinski definition) is 0. The van der Waals surface area contributed by atoms with Crippen molar-refractivity contribution in [3.63, 3.8) is 0 Å². The number of halogens is 1. The van der Waals surface area contributed by atoms with Gasteiger partial charge in [-0.05, 0) is 35.4 Å². The number of carbonyl (C=O) groups is 2. The fourth-order valence-corrected chi connectivity index (χ4v) is 2.77. The molecular weight excluding hydrogens is 353 g/mol. The minimum absolute atomic E-state index is 0.0935. The van der Waals surface area contributed by atoms with E-state index in [-0.39, 0.29) is 43.9 Å². The molecule has 6 nitrogen and oxygen atoms in total. The topological polar surface area (TPSA) is 65.1 Å². The number of esters is 1. The Labute approximate surface area is 156 Å². The maximum Gasteiger partial charge on any atom is 0.307 e. The van der Waals surface area contributed by atoms with E-state index in [4.69, 9.17) is 9.47 Å². The number of rotatable bonds is 7. The summed E-state index contributed by atoms with van der Waals surface area (Å²) < 4.78 is 28.4. The van der Waals surface area contributed by atoms with Crippen molar-refractivity contribution in [2.75, 3.05) is 20.4 Å². The summed E-state index contributed by atoms with van der Waals surface area (Å²) in [7, 11) is 1.31. The molecule has 0 fully saturated rings. The molecule has 0 N–H and O–H groups in total. The van der Waals surface area contributed by atoms with Crippen molar-refractivity contribution in [3.8, 4) is 11.5 Å². The van der Waals surface area contributed by atoms with Gasteiger partial charge in [0.05, 0.1) is 20.0 Å². The molecule has 0 aromatic heterocycles. The molecule has 142 valence electrons. The number of hydrogen-bond acceptors (Lipinski definition) is 5. The van der Waals surface area contributed by atoms with E-state index >= 15 is 0 Å². The quantitative estimate of drug-likeness (QED) is 0.698. The van der Waals surface area contributed by atoms with Crippen LogP contribution in [0.5, 0.6) is 11.5 Å². The first kappa shape index (κ1) is 18.7. The lowest BCUT2D eigenvalue weighted by Gasteiger charge is -2.23. The molecular formula is C20H20FNO5. The Morgan fingerprint density at radius 3 is 2.52 bits per heavy atom. The van der Waals surface area contributed by atoms with Gasteiger partial charge in [-0.3, -0.25) is 9.59 Å². The maximum absolute atomic E-state index is 13.1. The van der Waals surface area contributed by atoms with Gasteiger partial charge in [0.1, 0.15) is 5.82 Å². The van der Waals surface area contributed by atoms with Crippen LogP contribution in [0.25, 0.3) is 0 Å². The van der Waals surface area contributed by atoms with Gasteiger partial charge in [-0.2, -0.15) is 0 Å². The maximum atomic E-state index is 13.1. The van der Waals surface area contributed by atoms with Crippen LogP contribution in [0, 0.1) is 5.82 Å². The lowest BCUT2D eigenvalue weighted by molar-refractivity contribution is -0.141. The molecule has 2 aromatic rings. The summed E-state index contributed by atoms with van der Waals surface area (Å²) in [5, 5.41) is 0. The number of methoxy groups -OCH3 is 1. The number of fused-ring (bicyclic) bond motifs is 1. The van der Waals surface area contributed by atoms with Crippen LogP contribution in [0.4, 0.5) is 4.39 Å². The fourth-order valence-electron chi connectivity index (χ4n) is 2.77. The molecule has 0 bridgehead atoms. The molecule has 2 aromatic carbocycles. The molecule has 0 radical (unpaired) electrons. The van der Waals surface area contributed by atoms with Crippen LogP contribution in [0.2, 0.25) is 0 Å². The van der Waals surface area contributed by atoms with Gasteiger partial charge < -0.3 is 19.1 Å². The smallest absolute Gasteiger partial charge is 0.307 e. The van der Waals surface area contributed by atoms with E-state index < -0.39 is 0 Å². The van der Waals surface area contributed by atoms with Crippen molar-refractivity contribution in [1.29, 1.82) is 0 Å². The van der Waals surface area contributed by atoms with E-state index in [1.165, 1.54) is 19.2 Å². The highest BCUT2D eigenvalue weighted by Gasteiger charge is 2.19. The molecule has 1 heterocycles. The Balaban J connectivity index is 1.72. The summed E-state index contributed by atoms with van der Waals surface area (Å²) in [5.74, 6) is 0.390. The number of nitrogens with zero attached hydrogens (tertiary/aromatic N) is 1. The summed E-state index contributed by atoms with van der Waals surface area (Å²) in [5.41, 5.74) is 1.56. The van der Waals surface area contributed by atoms with Gasteiger partial charge in [0.15, 0.2) is 11.5 Å². The van der Waals surface area contributed by atoms with E-state index in [0.29, 0.717) is 23.6 Å². The second kappa shape index (κ2) is 8.53. The van der Waals surface area contributed by atoms with Gasteiger partial charge in [0.2, 0.25) is 12.7 Å². The zero-order valence-electron chi connectivity index (χ0n) is 14.9. The third-order valence-electron chi connectivity index (χ3n) is 4.25. The Bertz CT molecular complexity index is 822. The first-order valence-corrected chi connectivity index (χ1v) is 8.52. The van der Waals surface area contributed by atoms with Crippen LogP contribution in [0.3, 0.4) is 0 Å². The molecule has 0 aliphatic carbocycles. The average Bonchev–Trinajstić information content (AvgIpc) is 3.14. The summed E-state index contributed by atoms with van der Waals surface area (Å²) in [4.78, 5) is 25.8. The number of ether oxygens (including phenoxy) is 3. The van der Waals surface area contributed by atoms with Gasteiger partial charge in [0.25, 0.3) is 0 Å². The molecule has 27 heavy (non-hydrogen) atoms. The normalized spacial score (nSPS) is 11.9. The van der Waals surface area contributed by atoms with Crippen LogP contribution in [0.1, 0.15) is 17.5 Å². The monoisotopic (exact) mass is 373 g/mol. The third-order valence-corrected chi connectivity index (χ3v) is 4.25. The number of amides is 1. The predicted octanol–water partition coefficient (Wildman–Crippen LogP) is 2.69. The Morgan fingerprint density at radius 1 is 1.07 bits per heavy atom. The van der Waals surface area contributed by atoms with E-state index in [1.807, 2.05) is 12.1 Å². The zero-order chi connectivity index (χ0) is 19.2. The lowest BCUT2D eigenvalue weighted by atomic mass is 10.1. The highest BCUT2D eigenvalue weighted by Crippen LogP contribution is 2.32. The Hall–Kier alpha value is -3.09. The molecule has 3 rings (SSSR count). The second-order valence-corrected chi connectivity index (χ2v) is 6.13.